The first-order valence-corrected chi connectivity index (χ1v) is 12.6. The molecule has 0 saturated heterocycles. The van der Waals surface area contributed by atoms with Crippen LogP contribution in [0.1, 0.15) is 23.5 Å². The molecule has 0 aliphatic heterocycles. The number of hydrogen-bond acceptors (Lipinski definition) is 6. The van der Waals surface area contributed by atoms with E-state index in [1.807, 2.05) is 6.07 Å². The molecule has 0 saturated carbocycles. The molecule has 0 heterocycles. The van der Waals surface area contributed by atoms with Crippen molar-refractivity contribution in [2.75, 3.05) is 6.61 Å². The third kappa shape index (κ3) is 3.93. The van der Waals surface area contributed by atoms with Crippen molar-refractivity contribution >= 4 is 19.7 Å². The zero-order valence-electron chi connectivity index (χ0n) is 16.8. The van der Waals surface area contributed by atoms with E-state index < -0.39 is 52.7 Å². The van der Waals surface area contributed by atoms with Crippen molar-refractivity contribution in [3.8, 4) is 6.07 Å². The maximum absolute atomic E-state index is 17.1. The maximum Gasteiger partial charge on any atom is 0.324 e. The second kappa shape index (κ2) is 9.20. The summed E-state index contributed by atoms with van der Waals surface area (Å²) >= 11 is 0. The van der Waals surface area contributed by atoms with Crippen LogP contribution in [0.15, 0.2) is 94.7 Å². The molecule has 166 valence electrons. The summed E-state index contributed by atoms with van der Waals surface area (Å²) in [5.74, 6) is -1.77. The van der Waals surface area contributed by atoms with E-state index in [9.17, 15) is 21.9 Å². The summed E-state index contributed by atoms with van der Waals surface area (Å²) in [6, 6.07) is 20.2. The summed E-state index contributed by atoms with van der Waals surface area (Å²) < 4.78 is 67.6. The first-order valence-electron chi connectivity index (χ1n) is 9.59. The fourth-order valence-electron chi connectivity index (χ4n) is 3.50. The lowest BCUT2D eigenvalue weighted by Crippen LogP contribution is -2.47. The smallest absolute Gasteiger partial charge is 0.324 e. The van der Waals surface area contributed by atoms with Gasteiger partial charge in [0.05, 0.1) is 27.3 Å². The first-order chi connectivity index (χ1) is 15.2. The van der Waals surface area contributed by atoms with E-state index in [0.717, 1.165) is 24.3 Å². The molecule has 32 heavy (non-hydrogen) atoms. The van der Waals surface area contributed by atoms with Crippen molar-refractivity contribution in [3.63, 3.8) is 0 Å². The molecule has 1 atom stereocenters. The number of nitriles is 1. The van der Waals surface area contributed by atoms with E-state index >= 15 is 4.39 Å². The van der Waals surface area contributed by atoms with Crippen LogP contribution in [-0.2, 0) is 19.7 Å². The molecule has 0 amide bonds. The van der Waals surface area contributed by atoms with Crippen molar-refractivity contribution in [3.05, 3.63) is 96.1 Å². The van der Waals surface area contributed by atoms with Crippen LogP contribution in [0.4, 0.5) is 4.39 Å². The Labute approximate surface area is 186 Å². The number of rotatable bonds is 8. The Morgan fingerprint density at radius 2 is 1.25 bits per heavy atom. The fraction of sp³-hybridized carbons (Fsp3) is 0.174. The number of alkyl halides is 1. The number of benzene rings is 3. The van der Waals surface area contributed by atoms with Gasteiger partial charge in [0.25, 0.3) is 0 Å². The van der Waals surface area contributed by atoms with Gasteiger partial charge in [0.1, 0.15) is 0 Å². The largest absolute Gasteiger partial charge is 0.396 e. The van der Waals surface area contributed by atoms with Gasteiger partial charge in [-0.1, -0.05) is 48.5 Å². The molecule has 9 heteroatoms. The molecule has 1 N–H and O–H groups in total. The lowest BCUT2D eigenvalue weighted by atomic mass is 9.96. The summed E-state index contributed by atoms with van der Waals surface area (Å²) in [7, 11) is -10.2. The van der Waals surface area contributed by atoms with Crippen LogP contribution in [0.2, 0.25) is 0 Å². The predicted molar refractivity (Wildman–Crippen MR) is 117 cm³/mol. The highest BCUT2D eigenvalue weighted by Crippen LogP contribution is 2.48. The Hall–Kier alpha value is -3.06. The van der Waals surface area contributed by atoms with E-state index in [1.54, 1.807) is 0 Å². The molecule has 3 rings (SSSR count). The van der Waals surface area contributed by atoms with Crippen LogP contribution < -0.4 is 0 Å². The Balaban J connectivity index is 2.36. The molecular weight excluding hydrogens is 453 g/mol. The number of halogens is 1. The molecule has 0 fully saturated rings. The maximum atomic E-state index is 17.1. The van der Waals surface area contributed by atoms with Gasteiger partial charge in [0, 0.05) is 6.61 Å². The minimum Gasteiger partial charge on any atom is -0.396 e. The molecule has 0 aliphatic carbocycles. The number of aliphatic hydroxyl groups excluding tert-OH is 1. The summed E-state index contributed by atoms with van der Waals surface area (Å²) in [6.07, 6.45) is -0.486. The van der Waals surface area contributed by atoms with E-state index in [-0.39, 0.29) is 11.1 Å². The van der Waals surface area contributed by atoms with Gasteiger partial charge >= 0.3 is 4.33 Å². The summed E-state index contributed by atoms with van der Waals surface area (Å²) in [6.45, 7) is -0.662. The zero-order valence-corrected chi connectivity index (χ0v) is 18.4. The van der Waals surface area contributed by atoms with Crippen LogP contribution in [0.5, 0.6) is 0 Å². The van der Waals surface area contributed by atoms with Gasteiger partial charge in [-0.3, -0.25) is 0 Å². The van der Waals surface area contributed by atoms with Crippen molar-refractivity contribution in [2.45, 2.75) is 26.5 Å². The van der Waals surface area contributed by atoms with Crippen molar-refractivity contribution in [1.82, 2.24) is 0 Å². The molecule has 3 aromatic rings. The van der Waals surface area contributed by atoms with Crippen LogP contribution >= 0.6 is 0 Å². The molecule has 0 unspecified atom stereocenters. The molecule has 0 aromatic heterocycles. The second-order valence-corrected chi connectivity index (χ2v) is 11.4. The SMILES string of the molecule is N#Cc1ccc([C@H](CCO)C(F)(S(=O)(=O)c2ccccc2)S(=O)(=O)c2ccccc2)cc1. The number of aliphatic hydroxyl groups is 1. The zero-order chi connectivity index (χ0) is 23.4. The van der Waals surface area contributed by atoms with Gasteiger partial charge in [-0.2, -0.15) is 5.26 Å². The number of sulfone groups is 2. The van der Waals surface area contributed by atoms with Gasteiger partial charge in [-0.25, -0.2) is 21.2 Å². The Morgan fingerprint density at radius 1 is 0.812 bits per heavy atom. The Morgan fingerprint density at radius 3 is 1.62 bits per heavy atom. The lowest BCUT2D eigenvalue weighted by molar-refractivity contribution is 0.232. The third-order valence-corrected chi connectivity index (χ3v) is 10.3. The normalized spacial score (nSPS) is 13.3. The van der Waals surface area contributed by atoms with Gasteiger partial charge < -0.3 is 5.11 Å². The summed E-state index contributed by atoms with van der Waals surface area (Å²) in [5.41, 5.74) is 0.261. The Bertz CT molecular complexity index is 1250. The monoisotopic (exact) mass is 473 g/mol. The topological polar surface area (TPSA) is 112 Å². The van der Waals surface area contributed by atoms with E-state index in [2.05, 4.69) is 0 Å². The van der Waals surface area contributed by atoms with Crippen LogP contribution in [-0.4, -0.2) is 32.9 Å². The minimum atomic E-state index is -5.12. The first kappa shape index (κ1) is 23.6. The van der Waals surface area contributed by atoms with E-state index in [0.29, 0.717) is 0 Å². The van der Waals surface area contributed by atoms with Crippen LogP contribution in [0, 0.1) is 11.3 Å². The van der Waals surface area contributed by atoms with E-state index in [1.165, 1.54) is 60.7 Å². The molecule has 0 bridgehead atoms. The second-order valence-electron chi connectivity index (χ2n) is 7.01. The minimum absolute atomic E-state index is 0.0274. The molecule has 3 aromatic carbocycles. The fourth-order valence-corrected chi connectivity index (χ4v) is 8.16. The average molecular weight is 474 g/mol. The van der Waals surface area contributed by atoms with Crippen molar-refractivity contribution in [2.24, 2.45) is 0 Å². The van der Waals surface area contributed by atoms with Crippen molar-refractivity contribution < 1.29 is 26.3 Å². The lowest BCUT2D eigenvalue weighted by Gasteiger charge is -2.33. The Kier molecular flexibility index (Phi) is 6.79. The highest BCUT2D eigenvalue weighted by molar-refractivity contribution is 8.10. The van der Waals surface area contributed by atoms with Gasteiger partial charge in [-0.15, -0.1) is 0 Å². The average Bonchev–Trinajstić information content (AvgIpc) is 2.83. The standard InChI is InChI=1S/C23H20FNO5S2/c24-23(31(27,28)20-7-3-1-4-8-20,32(29,30)21-9-5-2-6-10-21)22(15-16-26)19-13-11-18(17-25)12-14-19/h1-14,22,26H,15-16H2/t22-/m0/s1. The summed E-state index contributed by atoms with van der Waals surface area (Å²) in [5, 5.41) is 18.7. The predicted octanol–water partition coefficient (Wildman–Crippen LogP) is 3.60. The molecule has 0 spiro atoms. The van der Waals surface area contributed by atoms with Crippen molar-refractivity contribution in [1.29, 1.82) is 5.26 Å². The number of nitrogens with zero attached hydrogens (tertiary/aromatic N) is 1. The molecular formula is C23H20FNO5S2. The third-order valence-electron chi connectivity index (χ3n) is 5.12. The van der Waals surface area contributed by atoms with Crippen LogP contribution in [0.3, 0.4) is 0 Å². The van der Waals surface area contributed by atoms with Crippen LogP contribution in [0.25, 0.3) is 0 Å². The van der Waals surface area contributed by atoms with E-state index in [4.69, 9.17) is 5.26 Å². The molecule has 6 nitrogen and oxygen atoms in total. The van der Waals surface area contributed by atoms with Gasteiger partial charge in [-0.05, 0) is 48.4 Å². The highest BCUT2D eigenvalue weighted by atomic mass is 32.3. The van der Waals surface area contributed by atoms with Gasteiger partial charge in [0.15, 0.2) is 0 Å². The molecule has 0 aliphatic rings. The summed E-state index contributed by atoms with van der Waals surface area (Å²) in [4.78, 5) is -1.00. The molecule has 0 radical (unpaired) electrons. The van der Waals surface area contributed by atoms with Gasteiger partial charge in [0.2, 0.25) is 19.7 Å². The quantitative estimate of drug-likeness (QED) is 0.535. The number of hydrogen-bond donors (Lipinski definition) is 1. The highest BCUT2D eigenvalue weighted by Gasteiger charge is 2.62.